The number of methoxy groups -OCH3 is 1. The summed E-state index contributed by atoms with van der Waals surface area (Å²) in [7, 11) is 1.58. The van der Waals surface area contributed by atoms with E-state index in [2.05, 4.69) is 10.6 Å². The summed E-state index contributed by atoms with van der Waals surface area (Å²) in [6, 6.07) is 9.28. The van der Waals surface area contributed by atoms with Gasteiger partial charge in [0.05, 0.1) is 7.11 Å². The van der Waals surface area contributed by atoms with Gasteiger partial charge in [-0.2, -0.15) is 5.26 Å². The molecule has 1 saturated carbocycles. The van der Waals surface area contributed by atoms with Crippen LogP contribution in [0.15, 0.2) is 36.0 Å². The predicted molar refractivity (Wildman–Crippen MR) is 80.7 cm³/mol. The molecule has 0 spiro atoms. The van der Waals surface area contributed by atoms with Crippen molar-refractivity contribution < 1.29 is 9.53 Å². The fourth-order valence-electron chi connectivity index (χ4n) is 2.32. The number of carbonyl (C=O) groups is 1. The number of rotatable bonds is 5. The van der Waals surface area contributed by atoms with Crippen LogP contribution < -0.4 is 15.4 Å². The Labute approximate surface area is 124 Å². The Kier molecular flexibility index (Phi) is 5.22. The standard InChI is InChI=1S/C16H19N3O2/c1-21-15-8-6-14(7-9-15)19-16(20)12(10-17)11-18-13-4-2-3-5-13/h6-9,11,13,18H,2-5H2,1H3,(H,19,20)/b12-11-. The number of carbonyl (C=O) groups excluding carboxylic acids is 1. The molecule has 1 aliphatic rings. The average Bonchev–Trinajstić information content (AvgIpc) is 3.02. The van der Waals surface area contributed by atoms with Crippen LogP contribution in [-0.4, -0.2) is 19.1 Å². The summed E-state index contributed by atoms with van der Waals surface area (Å²) >= 11 is 0. The van der Waals surface area contributed by atoms with E-state index >= 15 is 0 Å². The molecule has 1 aromatic carbocycles. The SMILES string of the molecule is COc1ccc(NC(=O)/C(C#N)=C\NC2CCCC2)cc1. The minimum atomic E-state index is -0.409. The summed E-state index contributed by atoms with van der Waals surface area (Å²) in [5.41, 5.74) is 0.709. The molecule has 0 saturated heterocycles. The molecule has 1 aromatic rings. The molecule has 2 rings (SSSR count). The number of ether oxygens (including phenoxy) is 1. The highest BCUT2D eigenvalue weighted by molar-refractivity contribution is 6.06. The third kappa shape index (κ3) is 4.25. The van der Waals surface area contributed by atoms with Gasteiger partial charge in [-0.1, -0.05) is 12.8 Å². The van der Waals surface area contributed by atoms with Crippen molar-refractivity contribution in [2.24, 2.45) is 0 Å². The van der Waals surface area contributed by atoms with Crippen molar-refractivity contribution in [3.63, 3.8) is 0 Å². The van der Waals surface area contributed by atoms with Crippen molar-refractivity contribution in [2.45, 2.75) is 31.7 Å². The molecular weight excluding hydrogens is 266 g/mol. The number of amides is 1. The highest BCUT2D eigenvalue weighted by Crippen LogP contribution is 2.18. The largest absolute Gasteiger partial charge is 0.497 e. The van der Waals surface area contributed by atoms with Gasteiger partial charge in [0.15, 0.2) is 0 Å². The summed E-state index contributed by atoms with van der Waals surface area (Å²) in [5, 5.41) is 14.9. The maximum atomic E-state index is 12.0. The van der Waals surface area contributed by atoms with Crippen molar-refractivity contribution in [2.75, 3.05) is 12.4 Å². The fraction of sp³-hybridized carbons (Fsp3) is 0.375. The molecule has 0 atom stereocenters. The van der Waals surface area contributed by atoms with Crippen LogP contribution in [0.5, 0.6) is 5.75 Å². The van der Waals surface area contributed by atoms with Gasteiger partial charge in [-0.25, -0.2) is 0 Å². The van der Waals surface area contributed by atoms with Gasteiger partial charge >= 0.3 is 0 Å². The second kappa shape index (κ2) is 7.34. The first-order valence-corrected chi connectivity index (χ1v) is 7.04. The van der Waals surface area contributed by atoms with Gasteiger partial charge in [0.25, 0.3) is 5.91 Å². The van der Waals surface area contributed by atoms with Crippen LogP contribution in [-0.2, 0) is 4.79 Å². The van der Waals surface area contributed by atoms with Crippen molar-refractivity contribution >= 4 is 11.6 Å². The van der Waals surface area contributed by atoms with Gasteiger partial charge in [0, 0.05) is 17.9 Å². The molecule has 0 bridgehead atoms. The van der Waals surface area contributed by atoms with E-state index in [0.29, 0.717) is 17.5 Å². The van der Waals surface area contributed by atoms with Crippen LogP contribution in [0.1, 0.15) is 25.7 Å². The molecule has 5 heteroatoms. The second-order valence-electron chi connectivity index (χ2n) is 5.00. The van der Waals surface area contributed by atoms with E-state index in [9.17, 15) is 4.79 Å². The van der Waals surface area contributed by atoms with Crippen molar-refractivity contribution in [1.82, 2.24) is 5.32 Å². The van der Waals surface area contributed by atoms with Crippen molar-refractivity contribution in [3.8, 4) is 11.8 Å². The van der Waals surface area contributed by atoms with Crippen LogP contribution >= 0.6 is 0 Å². The Balaban J connectivity index is 1.95. The third-order valence-corrected chi connectivity index (χ3v) is 3.53. The lowest BCUT2D eigenvalue weighted by molar-refractivity contribution is -0.112. The number of hydrogen-bond acceptors (Lipinski definition) is 4. The Morgan fingerprint density at radius 1 is 1.33 bits per heavy atom. The van der Waals surface area contributed by atoms with Crippen LogP contribution in [0.25, 0.3) is 0 Å². The Morgan fingerprint density at radius 2 is 2.00 bits per heavy atom. The van der Waals surface area contributed by atoms with Gasteiger partial charge in [-0.05, 0) is 37.1 Å². The predicted octanol–water partition coefficient (Wildman–Crippen LogP) is 2.57. The molecule has 2 N–H and O–H groups in total. The van der Waals surface area contributed by atoms with Crippen molar-refractivity contribution in [3.05, 3.63) is 36.0 Å². The van der Waals surface area contributed by atoms with Gasteiger partial charge < -0.3 is 15.4 Å². The van der Waals surface area contributed by atoms with E-state index in [1.807, 2.05) is 6.07 Å². The second-order valence-corrected chi connectivity index (χ2v) is 5.00. The molecule has 0 heterocycles. The molecule has 0 aliphatic heterocycles. The minimum Gasteiger partial charge on any atom is -0.497 e. The number of nitrogens with zero attached hydrogens (tertiary/aromatic N) is 1. The summed E-state index contributed by atoms with van der Waals surface area (Å²) in [6.45, 7) is 0. The lowest BCUT2D eigenvalue weighted by Gasteiger charge is -2.10. The zero-order valence-electron chi connectivity index (χ0n) is 12.1. The zero-order valence-corrected chi connectivity index (χ0v) is 12.1. The smallest absolute Gasteiger partial charge is 0.267 e. The zero-order chi connectivity index (χ0) is 15.1. The van der Waals surface area contributed by atoms with Gasteiger partial charge in [0.2, 0.25) is 0 Å². The monoisotopic (exact) mass is 285 g/mol. The van der Waals surface area contributed by atoms with Crippen LogP contribution in [0, 0.1) is 11.3 Å². The lowest BCUT2D eigenvalue weighted by atomic mass is 10.2. The van der Waals surface area contributed by atoms with Gasteiger partial charge in [-0.3, -0.25) is 4.79 Å². The summed E-state index contributed by atoms with van der Waals surface area (Å²) in [6.07, 6.45) is 6.11. The van der Waals surface area contributed by atoms with E-state index in [1.54, 1.807) is 31.4 Å². The van der Waals surface area contributed by atoms with E-state index in [1.165, 1.54) is 19.0 Å². The average molecular weight is 285 g/mol. The summed E-state index contributed by atoms with van der Waals surface area (Å²) in [4.78, 5) is 12.0. The topological polar surface area (TPSA) is 74.1 Å². The van der Waals surface area contributed by atoms with Crippen LogP contribution in [0.2, 0.25) is 0 Å². The normalized spacial score (nSPS) is 15.3. The van der Waals surface area contributed by atoms with Gasteiger partial charge in [0.1, 0.15) is 17.4 Å². The maximum absolute atomic E-state index is 12.0. The number of anilines is 1. The van der Waals surface area contributed by atoms with Crippen LogP contribution in [0.4, 0.5) is 5.69 Å². The molecule has 1 amide bonds. The fourth-order valence-corrected chi connectivity index (χ4v) is 2.32. The molecule has 1 aliphatic carbocycles. The molecule has 1 fully saturated rings. The minimum absolute atomic E-state index is 0.0812. The quantitative estimate of drug-likeness (QED) is 0.644. The summed E-state index contributed by atoms with van der Waals surface area (Å²) in [5.74, 6) is 0.306. The third-order valence-electron chi connectivity index (χ3n) is 3.53. The van der Waals surface area contributed by atoms with E-state index < -0.39 is 5.91 Å². The maximum Gasteiger partial charge on any atom is 0.267 e. The van der Waals surface area contributed by atoms with Crippen molar-refractivity contribution in [1.29, 1.82) is 5.26 Å². The lowest BCUT2D eigenvalue weighted by Crippen LogP contribution is -2.23. The highest BCUT2D eigenvalue weighted by atomic mass is 16.5. The molecule has 0 unspecified atom stereocenters. The number of nitrogens with one attached hydrogen (secondary N) is 2. The number of benzene rings is 1. The Bertz CT molecular complexity index is 552. The number of nitriles is 1. The molecule has 0 aromatic heterocycles. The van der Waals surface area contributed by atoms with E-state index in [-0.39, 0.29) is 5.57 Å². The molecule has 0 radical (unpaired) electrons. The van der Waals surface area contributed by atoms with E-state index in [4.69, 9.17) is 10.00 Å². The first-order chi connectivity index (χ1) is 10.2. The van der Waals surface area contributed by atoms with Crippen LogP contribution in [0.3, 0.4) is 0 Å². The Hall–Kier alpha value is -2.48. The first kappa shape index (κ1) is 14.9. The molecule has 5 nitrogen and oxygen atoms in total. The highest BCUT2D eigenvalue weighted by Gasteiger charge is 2.15. The summed E-state index contributed by atoms with van der Waals surface area (Å²) < 4.78 is 5.05. The van der Waals surface area contributed by atoms with Gasteiger partial charge in [-0.15, -0.1) is 0 Å². The molecule has 110 valence electrons. The Morgan fingerprint density at radius 3 is 2.57 bits per heavy atom. The molecule has 21 heavy (non-hydrogen) atoms. The molecular formula is C16H19N3O2. The number of hydrogen-bond donors (Lipinski definition) is 2. The first-order valence-electron chi connectivity index (χ1n) is 7.04. The van der Waals surface area contributed by atoms with E-state index in [0.717, 1.165) is 12.8 Å².